The van der Waals surface area contributed by atoms with Crippen LogP contribution in [0.15, 0.2) is 0 Å². The van der Waals surface area contributed by atoms with Crippen molar-refractivity contribution in [2.45, 2.75) is 6.23 Å². The Morgan fingerprint density at radius 1 is 1.71 bits per heavy atom. The van der Waals surface area contributed by atoms with E-state index in [1.54, 1.807) is 11.8 Å². The number of hydrogen-bond acceptors (Lipinski definition) is 3. The van der Waals surface area contributed by atoms with E-state index in [9.17, 15) is 0 Å². The Morgan fingerprint density at radius 2 is 2.43 bits per heavy atom. The summed E-state index contributed by atoms with van der Waals surface area (Å²) >= 11 is 1.72. The molecule has 0 aromatic rings. The summed E-state index contributed by atoms with van der Waals surface area (Å²) in [5.74, 6) is 1.75. The van der Waals surface area contributed by atoms with Crippen LogP contribution >= 0.6 is 24.2 Å². The van der Waals surface area contributed by atoms with E-state index >= 15 is 0 Å². The normalized spacial score (nSPS) is 29.6. The van der Waals surface area contributed by atoms with Crippen molar-refractivity contribution in [1.82, 2.24) is 5.32 Å². The fraction of sp³-hybridized carbons (Fsp3) is 1.00. The van der Waals surface area contributed by atoms with Gasteiger partial charge in [0.2, 0.25) is 0 Å². The van der Waals surface area contributed by atoms with E-state index in [1.165, 1.54) is 0 Å². The fourth-order valence-electron chi connectivity index (χ4n) is 0.385. The molecule has 2 N–H and O–H groups in total. The number of aliphatic hydroxyl groups excluding tert-OH is 1. The molecule has 0 saturated carbocycles. The maximum atomic E-state index is 8.60. The quantitative estimate of drug-likeness (QED) is 0.499. The molecule has 2 nitrogen and oxygen atoms in total. The predicted molar refractivity (Wildman–Crippen MR) is 33.7 cm³/mol. The van der Waals surface area contributed by atoms with Crippen LogP contribution in [0, 0.1) is 0 Å². The van der Waals surface area contributed by atoms with Crippen molar-refractivity contribution in [2.24, 2.45) is 0 Å². The third-order valence-corrected chi connectivity index (χ3v) is 1.62. The minimum Gasteiger partial charge on any atom is -0.378 e. The highest BCUT2D eigenvalue weighted by atomic mass is 35.5. The topological polar surface area (TPSA) is 32.3 Å². The highest BCUT2D eigenvalue weighted by molar-refractivity contribution is 7.99. The van der Waals surface area contributed by atoms with Crippen molar-refractivity contribution in [3.8, 4) is 0 Å². The van der Waals surface area contributed by atoms with Crippen LogP contribution in [-0.4, -0.2) is 23.0 Å². The molecule has 44 valence electrons. The lowest BCUT2D eigenvalue weighted by atomic mass is 10.7. The van der Waals surface area contributed by atoms with Crippen molar-refractivity contribution in [3.63, 3.8) is 0 Å². The van der Waals surface area contributed by atoms with Crippen LogP contribution in [0.5, 0.6) is 0 Å². The molecular formula is C3H8ClNOS. The van der Waals surface area contributed by atoms with Gasteiger partial charge in [-0.05, 0) is 0 Å². The van der Waals surface area contributed by atoms with Gasteiger partial charge in [-0.15, -0.1) is 24.2 Å². The lowest BCUT2D eigenvalue weighted by molar-refractivity contribution is 0.176. The fourth-order valence-corrected chi connectivity index (χ4v) is 1.15. The van der Waals surface area contributed by atoms with Crippen molar-refractivity contribution < 1.29 is 5.11 Å². The summed E-state index contributed by atoms with van der Waals surface area (Å²) in [5, 5.41) is 11.4. The van der Waals surface area contributed by atoms with Crippen LogP contribution in [0.3, 0.4) is 0 Å². The van der Waals surface area contributed by atoms with Gasteiger partial charge in [0.25, 0.3) is 0 Å². The first kappa shape index (κ1) is 7.56. The molecule has 0 radical (unpaired) electrons. The van der Waals surface area contributed by atoms with Crippen molar-refractivity contribution in [3.05, 3.63) is 0 Å². The zero-order chi connectivity index (χ0) is 4.41. The molecule has 0 bridgehead atoms. The van der Waals surface area contributed by atoms with Crippen molar-refractivity contribution >= 4 is 24.2 Å². The third-order valence-electron chi connectivity index (χ3n) is 0.697. The largest absolute Gasteiger partial charge is 0.378 e. The minimum atomic E-state index is -0.241. The number of thioether (sulfide) groups is 1. The summed E-state index contributed by atoms with van der Waals surface area (Å²) in [5.41, 5.74) is 0. The molecule has 0 spiro atoms. The molecule has 1 saturated heterocycles. The molecule has 0 aromatic carbocycles. The molecule has 1 atom stereocenters. The number of aliphatic hydroxyl groups is 1. The van der Waals surface area contributed by atoms with Gasteiger partial charge in [0.1, 0.15) is 6.23 Å². The SMILES string of the molecule is Cl.OC1CSCN1. The van der Waals surface area contributed by atoms with Crippen LogP contribution in [0.25, 0.3) is 0 Å². The summed E-state index contributed by atoms with van der Waals surface area (Å²) in [6, 6.07) is 0. The van der Waals surface area contributed by atoms with Crippen molar-refractivity contribution in [1.29, 1.82) is 0 Å². The van der Waals surface area contributed by atoms with Gasteiger partial charge in [0, 0.05) is 11.6 Å². The van der Waals surface area contributed by atoms with E-state index in [0.29, 0.717) is 0 Å². The van der Waals surface area contributed by atoms with E-state index in [-0.39, 0.29) is 18.6 Å². The van der Waals surface area contributed by atoms with Gasteiger partial charge in [-0.2, -0.15) is 0 Å². The molecule has 7 heavy (non-hydrogen) atoms. The molecule has 1 unspecified atom stereocenters. The Balaban J connectivity index is 0.000000360. The summed E-state index contributed by atoms with van der Waals surface area (Å²) in [4.78, 5) is 0. The van der Waals surface area contributed by atoms with Crippen molar-refractivity contribution in [2.75, 3.05) is 11.6 Å². The van der Waals surface area contributed by atoms with E-state index in [0.717, 1.165) is 11.6 Å². The molecule has 1 heterocycles. The lowest BCUT2D eigenvalue weighted by Crippen LogP contribution is -2.21. The molecule has 1 aliphatic heterocycles. The van der Waals surface area contributed by atoms with Gasteiger partial charge in [-0.25, -0.2) is 0 Å². The first-order chi connectivity index (χ1) is 2.89. The summed E-state index contributed by atoms with van der Waals surface area (Å²) in [6.07, 6.45) is -0.241. The number of rotatable bonds is 0. The minimum absolute atomic E-state index is 0. The lowest BCUT2D eigenvalue weighted by Gasteiger charge is -1.93. The van der Waals surface area contributed by atoms with Crippen LogP contribution in [0.4, 0.5) is 0 Å². The summed E-state index contributed by atoms with van der Waals surface area (Å²) in [6.45, 7) is 0. The molecular weight excluding hydrogens is 134 g/mol. The maximum Gasteiger partial charge on any atom is 0.114 e. The van der Waals surface area contributed by atoms with Gasteiger partial charge in [0.15, 0.2) is 0 Å². The molecule has 1 rings (SSSR count). The van der Waals surface area contributed by atoms with Gasteiger partial charge in [-0.3, -0.25) is 5.32 Å². The van der Waals surface area contributed by atoms with E-state index in [4.69, 9.17) is 5.11 Å². The van der Waals surface area contributed by atoms with Crippen LogP contribution in [0.1, 0.15) is 0 Å². The van der Waals surface area contributed by atoms with Crippen LogP contribution in [0.2, 0.25) is 0 Å². The zero-order valence-corrected chi connectivity index (χ0v) is 5.39. The highest BCUT2D eigenvalue weighted by Crippen LogP contribution is 2.05. The Labute approximate surface area is 53.1 Å². The first-order valence-electron chi connectivity index (χ1n) is 1.89. The molecule has 1 fully saturated rings. The van der Waals surface area contributed by atoms with Gasteiger partial charge < -0.3 is 5.11 Å². The van der Waals surface area contributed by atoms with Gasteiger partial charge >= 0.3 is 0 Å². The smallest absolute Gasteiger partial charge is 0.114 e. The molecule has 0 aromatic heterocycles. The van der Waals surface area contributed by atoms with Gasteiger partial charge in [-0.1, -0.05) is 0 Å². The van der Waals surface area contributed by atoms with E-state index in [2.05, 4.69) is 5.32 Å². The summed E-state index contributed by atoms with van der Waals surface area (Å²) < 4.78 is 0. The second kappa shape index (κ2) is 3.55. The average molecular weight is 142 g/mol. The standard InChI is InChI=1S/C3H7NOS.ClH/c5-3-1-6-2-4-3;/h3-5H,1-2H2;1H. The number of nitrogens with one attached hydrogen (secondary N) is 1. The zero-order valence-electron chi connectivity index (χ0n) is 3.76. The second-order valence-corrected chi connectivity index (χ2v) is 2.27. The number of hydrogen-bond donors (Lipinski definition) is 2. The average Bonchev–Trinajstić information content (AvgIpc) is 1.86. The Kier molecular flexibility index (Phi) is 3.83. The Bertz CT molecular complexity index is 48.2. The van der Waals surface area contributed by atoms with Crippen LogP contribution in [-0.2, 0) is 0 Å². The van der Waals surface area contributed by atoms with Crippen LogP contribution < -0.4 is 5.32 Å². The molecule has 0 amide bonds. The van der Waals surface area contributed by atoms with E-state index in [1.807, 2.05) is 0 Å². The Hall–Kier alpha value is 0.560. The second-order valence-electron chi connectivity index (χ2n) is 1.24. The monoisotopic (exact) mass is 141 g/mol. The molecule has 4 heteroatoms. The van der Waals surface area contributed by atoms with E-state index < -0.39 is 0 Å². The summed E-state index contributed by atoms with van der Waals surface area (Å²) in [7, 11) is 0. The highest BCUT2D eigenvalue weighted by Gasteiger charge is 2.07. The predicted octanol–water partition coefficient (Wildman–Crippen LogP) is 0.0205. The molecule has 1 aliphatic rings. The first-order valence-corrected chi connectivity index (χ1v) is 3.04. The molecule has 0 aliphatic carbocycles. The third kappa shape index (κ3) is 2.39. The van der Waals surface area contributed by atoms with Gasteiger partial charge in [0.05, 0.1) is 0 Å². The maximum absolute atomic E-state index is 8.60. The Morgan fingerprint density at radius 3 is 2.57 bits per heavy atom. The number of halogens is 1.